The molecular weight excluding hydrogens is 246 g/mol. The highest BCUT2D eigenvalue weighted by atomic mass is 31.2. The average Bonchev–Trinajstić information content (AvgIpc) is 2.55. The molecule has 6 nitrogen and oxygen atoms in total. The Balaban J connectivity index is 2.48. The van der Waals surface area contributed by atoms with Crippen LogP contribution in [-0.2, 0) is 18.3 Å². The molecule has 0 aliphatic carbocycles. The Kier molecular flexibility index (Phi) is 5.63. The van der Waals surface area contributed by atoms with Gasteiger partial charge >= 0.3 is 7.82 Å². The van der Waals surface area contributed by atoms with Crippen molar-refractivity contribution in [3.63, 3.8) is 0 Å². The second-order valence-electron chi connectivity index (χ2n) is 4.43. The van der Waals surface area contributed by atoms with Gasteiger partial charge in [-0.2, -0.15) is 0 Å². The summed E-state index contributed by atoms with van der Waals surface area (Å²) < 4.78 is 26.4. The van der Waals surface area contributed by atoms with Gasteiger partial charge in [-0.25, -0.2) is 4.57 Å². The summed E-state index contributed by atoms with van der Waals surface area (Å²) in [6.45, 7) is 3.51. The minimum Gasteiger partial charge on any atom is -0.394 e. The van der Waals surface area contributed by atoms with Crippen LogP contribution in [0.25, 0.3) is 0 Å². The predicted molar refractivity (Wildman–Crippen MR) is 61.6 cm³/mol. The van der Waals surface area contributed by atoms with Gasteiger partial charge < -0.3 is 14.7 Å². The lowest BCUT2D eigenvalue weighted by atomic mass is 9.96. The van der Waals surface area contributed by atoms with Crippen LogP contribution in [0.5, 0.6) is 0 Å². The number of ether oxygens (including phenoxy) is 1. The standard InChI is InChI=1S/C9H18BO6P/c1-6(2)5-14-17(12,13)16-7-3-9(10)15-8(7)4-11/h6-9,11H,3-5H2,1-2H3,(H,12,13)/t7-,8-,9-/m1/s1. The van der Waals surface area contributed by atoms with Gasteiger partial charge in [-0.15, -0.1) is 0 Å². The molecular formula is C9H18BO6P. The van der Waals surface area contributed by atoms with Crippen LogP contribution in [0.15, 0.2) is 0 Å². The summed E-state index contributed by atoms with van der Waals surface area (Å²) in [6.07, 6.45) is -1.16. The fourth-order valence-electron chi connectivity index (χ4n) is 1.46. The second kappa shape index (κ2) is 6.32. The van der Waals surface area contributed by atoms with E-state index in [0.717, 1.165) is 0 Å². The summed E-state index contributed by atoms with van der Waals surface area (Å²) >= 11 is 0. The molecule has 1 saturated heterocycles. The Morgan fingerprint density at radius 3 is 2.76 bits per heavy atom. The first-order valence-corrected chi connectivity index (χ1v) is 7.01. The zero-order chi connectivity index (χ0) is 13.1. The number of aliphatic hydroxyl groups excluding tert-OH is 1. The van der Waals surface area contributed by atoms with Gasteiger partial charge in [0.25, 0.3) is 0 Å². The van der Waals surface area contributed by atoms with Crippen molar-refractivity contribution >= 4 is 15.7 Å². The number of phosphoric acid groups is 1. The van der Waals surface area contributed by atoms with Crippen LogP contribution in [0.1, 0.15) is 20.3 Å². The van der Waals surface area contributed by atoms with Gasteiger partial charge in [0.05, 0.1) is 19.3 Å². The van der Waals surface area contributed by atoms with Crippen molar-refractivity contribution in [1.29, 1.82) is 0 Å². The Hall–Kier alpha value is 0.0949. The van der Waals surface area contributed by atoms with Crippen molar-refractivity contribution in [2.75, 3.05) is 13.2 Å². The molecule has 0 bridgehead atoms. The normalized spacial score (nSPS) is 32.9. The molecule has 1 aliphatic heterocycles. The minimum atomic E-state index is -4.12. The molecule has 1 heterocycles. The van der Waals surface area contributed by atoms with E-state index in [9.17, 15) is 9.46 Å². The Morgan fingerprint density at radius 1 is 1.59 bits per heavy atom. The topological polar surface area (TPSA) is 85.2 Å². The predicted octanol–water partition coefficient (Wildman–Crippen LogP) is 0.420. The summed E-state index contributed by atoms with van der Waals surface area (Å²) in [4.78, 5) is 9.46. The molecule has 0 saturated carbocycles. The summed E-state index contributed by atoms with van der Waals surface area (Å²) in [6, 6.07) is -0.595. The molecule has 4 atom stereocenters. The van der Waals surface area contributed by atoms with Gasteiger partial charge in [0, 0.05) is 6.00 Å². The third-order valence-electron chi connectivity index (χ3n) is 2.25. The summed E-state index contributed by atoms with van der Waals surface area (Å²) in [5, 5.41) is 9.00. The fraction of sp³-hybridized carbons (Fsp3) is 1.00. The summed E-state index contributed by atoms with van der Waals surface area (Å²) in [5.41, 5.74) is 0. The molecule has 0 aromatic heterocycles. The van der Waals surface area contributed by atoms with Crippen molar-refractivity contribution in [3.8, 4) is 0 Å². The molecule has 0 aromatic carbocycles. The molecule has 2 N–H and O–H groups in total. The molecule has 98 valence electrons. The van der Waals surface area contributed by atoms with Crippen molar-refractivity contribution in [3.05, 3.63) is 0 Å². The Bertz CT molecular complexity index is 287. The van der Waals surface area contributed by atoms with E-state index >= 15 is 0 Å². The van der Waals surface area contributed by atoms with Gasteiger partial charge in [-0.3, -0.25) is 9.05 Å². The first-order valence-electron chi connectivity index (χ1n) is 5.51. The molecule has 17 heavy (non-hydrogen) atoms. The van der Waals surface area contributed by atoms with E-state index < -0.39 is 26.0 Å². The molecule has 1 rings (SSSR count). The maximum Gasteiger partial charge on any atom is 0.472 e. The van der Waals surface area contributed by atoms with Crippen molar-refractivity contribution < 1.29 is 28.3 Å². The van der Waals surface area contributed by atoms with Gasteiger partial charge in [0.1, 0.15) is 14.0 Å². The molecule has 0 amide bonds. The Morgan fingerprint density at radius 2 is 2.24 bits per heavy atom. The van der Waals surface area contributed by atoms with Crippen LogP contribution in [0.2, 0.25) is 0 Å². The summed E-state index contributed by atoms with van der Waals surface area (Å²) in [7, 11) is 1.39. The molecule has 0 spiro atoms. The van der Waals surface area contributed by atoms with Crippen molar-refractivity contribution in [1.82, 2.24) is 0 Å². The van der Waals surface area contributed by atoms with Crippen LogP contribution >= 0.6 is 7.82 Å². The van der Waals surface area contributed by atoms with E-state index in [1.54, 1.807) is 0 Å². The molecule has 0 aromatic rings. The van der Waals surface area contributed by atoms with Crippen LogP contribution < -0.4 is 0 Å². The summed E-state index contributed by atoms with van der Waals surface area (Å²) in [5.74, 6) is 0.120. The van der Waals surface area contributed by atoms with E-state index in [2.05, 4.69) is 0 Å². The lowest BCUT2D eigenvalue weighted by Gasteiger charge is -2.20. The van der Waals surface area contributed by atoms with E-state index in [1.165, 1.54) is 0 Å². The lowest BCUT2D eigenvalue weighted by Crippen LogP contribution is -2.27. The van der Waals surface area contributed by atoms with Gasteiger partial charge in [-0.1, -0.05) is 13.8 Å². The minimum absolute atomic E-state index is 0.120. The molecule has 8 heteroatoms. The molecule has 2 radical (unpaired) electrons. The molecule has 1 aliphatic rings. The number of aliphatic hydroxyl groups is 1. The maximum atomic E-state index is 11.6. The first kappa shape index (κ1) is 15.2. The number of hydrogen-bond donors (Lipinski definition) is 2. The number of phosphoric ester groups is 1. The lowest BCUT2D eigenvalue weighted by molar-refractivity contribution is -0.00826. The van der Waals surface area contributed by atoms with E-state index in [1.807, 2.05) is 13.8 Å². The highest BCUT2D eigenvalue weighted by molar-refractivity contribution is 7.47. The first-order chi connectivity index (χ1) is 7.84. The highest BCUT2D eigenvalue weighted by Gasteiger charge is 2.38. The van der Waals surface area contributed by atoms with Gasteiger partial charge in [0.15, 0.2) is 0 Å². The van der Waals surface area contributed by atoms with Gasteiger partial charge in [-0.05, 0) is 12.3 Å². The van der Waals surface area contributed by atoms with E-state index in [0.29, 0.717) is 0 Å². The average molecular weight is 264 g/mol. The van der Waals surface area contributed by atoms with Crippen molar-refractivity contribution in [2.45, 2.75) is 38.5 Å². The highest BCUT2D eigenvalue weighted by Crippen LogP contribution is 2.47. The largest absolute Gasteiger partial charge is 0.472 e. The van der Waals surface area contributed by atoms with Crippen LogP contribution in [-0.4, -0.2) is 49.3 Å². The SMILES string of the molecule is [B][C@H]1C[C@@H](OP(=O)(O)OCC(C)C)[C@@H](CO)O1. The Labute approximate surface area is 102 Å². The monoisotopic (exact) mass is 264 g/mol. The van der Waals surface area contributed by atoms with Crippen LogP contribution in [0.3, 0.4) is 0 Å². The quantitative estimate of drug-likeness (QED) is 0.534. The molecule has 1 fully saturated rings. The second-order valence-corrected chi connectivity index (χ2v) is 5.84. The van der Waals surface area contributed by atoms with Crippen LogP contribution in [0, 0.1) is 5.92 Å². The number of rotatable bonds is 6. The smallest absolute Gasteiger partial charge is 0.394 e. The van der Waals surface area contributed by atoms with Gasteiger partial charge in [0.2, 0.25) is 0 Å². The fourth-order valence-corrected chi connectivity index (χ4v) is 2.58. The maximum absolute atomic E-state index is 11.6. The third-order valence-corrected chi connectivity index (χ3v) is 3.26. The zero-order valence-electron chi connectivity index (χ0n) is 9.98. The molecule has 1 unspecified atom stereocenters. The number of hydrogen-bond acceptors (Lipinski definition) is 5. The van der Waals surface area contributed by atoms with Crippen LogP contribution in [0.4, 0.5) is 0 Å². The van der Waals surface area contributed by atoms with Crippen molar-refractivity contribution in [2.24, 2.45) is 5.92 Å². The van der Waals surface area contributed by atoms with E-state index in [-0.39, 0.29) is 25.6 Å². The zero-order valence-corrected chi connectivity index (χ0v) is 10.9. The third kappa shape index (κ3) is 5.08. The van der Waals surface area contributed by atoms with E-state index in [4.69, 9.17) is 26.7 Å².